The van der Waals surface area contributed by atoms with Crippen LogP contribution in [0, 0.1) is 5.82 Å². The van der Waals surface area contributed by atoms with Gasteiger partial charge in [-0.3, -0.25) is 10.1 Å². The molecule has 11 heteroatoms. The molecule has 1 aromatic heterocycles. The molecule has 0 saturated carbocycles. The molecule has 9 nitrogen and oxygen atoms in total. The lowest BCUT2D eigenvalue weighted by molar-refractivity contribution is -0.157. The maximum Gasteiger partial charge on any atom is 0.351 e. The molecule has 1 N–H and O–H groups in total. The van der Waals surface area contributed by atoms with Crippen LogP contribution in [0.25, 0.3) is 11.3 Å². The van der Waals surface area contributed by atoms with Gasteiger partial charge in [-0.1, -0.05) is 17.3 Å². The molecule has 0 radical (unpaired) electrons. The number of hydrogen-bond donors (Lipinski definition) is 1. The Kier molecular flexibility index (Phi) is 7.02. The second-order valence-electron chi connectivity index (χ2n) is 7.11. The molecule has 1 amide bonds. The van der Waals surface area contributed by atoms with Gasteiger partial charge in [-0.15, -0.1) is 11.3 Å². The Hall–Kier alpha value is -3.99. The molecule has 1 unspecified atom stereocenters. The first-order chi connectivity index (χ1) is 16.5. The van der Waals surface area contributed by atoms with Crippen LogP contribution in [-0.4, -0.2) is 49.5 Å². The summed E-state index contributed by atoms with van der Waals surface area (Å²) in [5, 5.41) is 8.51. The monoisotopic (exact) mass is 485 g/mol. The fourth-order valence-electron chi connectivity index (χ4n) is 3.20. The number of methoxy groups -OCH3 is 2. The first-order valence-electron chi connectivity index (χ1n) is 10.1. The lowest BCUT2D eigenvalue weighted by Gasteiger charge is -2.09. The van der Waals surface area contributed by atoms with E-state index in [0.29, 0.717) is 39.2 Å². The average molecular weight is 485 g/mol. The Labute approximate surface area is 198 Å². The van der Waals surface area contributed by atoms with Crippen molar-refractivity contribution in [2.24, 2.45) is 5.16 Å². The predicted octanol–water partition coefficient (Wildman–Crippen LogP) is 3.64. The van der Waals surface area contributed by atoms with Crippen LogP contribution in [0.2, 0.25) is 0 Å². The Morgan fingerprint density at radius 3 is 2.82 bits per heavy atom. The lowest BCUT2D eigenvalue weighted by atomic mass is 10.1. The third-order valence-corrected chi connectivity index (χ3v) is 5.63. The number of hydrogen-bond acceptors (Lipinski definition) is 9. The molecule has 1 aliphatic heterocycles. The second-order valence-corrected chi connectivity index (χ2v) is 7.96. The molecule has 0 saturated heterocycles. The van der Waals surface area contributed by atoms with Crippen molar-refractivity contribution in [3.63, 3.8) is 0 Å². The molecule has 1 aliphatic rings. The molecule has 0 spiro atoms. The van der Waals surface area contributed by atoms with Crippen molar-refractivity contribution in [3.8, 4) is 22.8 Å². The zero-order valence-electron chi connectivity index (χ0n) is 18.2. The van der Waals surface area contributed by atoms with Crippen molar-refractivity contribution in [3.05, 3.63) is 59.2 Å². The highest BCUT2D eigenvalue weighted by Gasteiger charge is 2.31. The number of carbonyl (C=O) groups excluding carboxylic acids is 2. The number of aromatic nitrogens is 1. The summed E-state index contributed by atoms with van der Waals surface area (Å²) in [5.74, 6) is -0.477. The normalized spacial score (nSPS) is 14.7. The van der Waals surface area contributed by atoms with E-state index in [1.54, 1.807) is 43.9 Å². The molecule has 1 atom stereocenters. The smallest absolute Gasteiger partial charge is 0.351 e. The Morgan fingerprint density at radius 1 is 1.21 bits per heavy atom. The van der Waals surface area contributed by atoms with E-state index in [1.807, 2.05) is 0 Å². The third-order valence-electron chi connectivity index (χ3n) is 4.87. The molecule has 176 valence electrons. The van der Waals surface area contributed by atoms with Gasteiger partial charge in [0.1, 0.15) is 17.3 Å². The maximum absolute atomic E-state index is 13.4. The van der Waals surface area contributed by atoms with Gasteiger partial charge in [0.15, 0.2) is 11.7 Å². The number of amides is 1. The minimum atomic E-state index is -1.00. The molecule has 0 fully saturated rings. The predicted molar refractivity (Wildman–Crippen MR) is 123 cm³/mol. The van der Waals surface area contributed by atoms with Crippen LogP contribution >= 0.6 is 11.3 Å². The second kappa shape index (κ2) is 10.3. The molecule has 34 heavy (non-hydrogen) atoms. The number of carbonyl (C=O) groups is 2. The third kappa shape index (κ3) is 5.31. The van der Waals surface area contributed by atoms with E-state index in [1.165, 1.54) is 29.5 Å². The summed E-state index contributed by atoms with van der Waals surface area (Å²) in [6.45, 7) is -0.522. The summed E-state index contributed by atoms with van der Waals surface area (Å²) < 4.78 is 29.0. The summed E-state index contributed by atoms with van der Waals surface area (Å²) in [7, 11) is 3.11. The number of benzene rings is 2. The number of esters is 1. The molecule has 0 aliphatic carbocycles. The molecule has 2 aromatic carbocycles. The van der Waals surface area contributed by atoms with Gasteiger partial charge in [0, 0.05) is 22.9 Å². The molecule has 3 aromatic rings. The van der Waals surface area contributed by atoms with Crippen LogP contribution in [0.4, 0.5) is 9.52 Å². The standard InChI is InChI=1S/C23H20FN3O6S/c1-30-15-6-7-19(31-2)16(9-15)18-12-34-23(25-18)26-21(28)11-32-22(29)20-10-17(27-33-20)13-4-3-5-14(24)8-13/h3-9,12,20H,10-11H2,1-2H3,(H,25,26,28). The number of anilines is 1. The van der Waals surface area contributed by atoms with E-state index in [4.69, 9.17) is 19.0 Å². The van der Waals surface area contributed by atoms with E-state index in [-0.39, 0.29) is 6.42 Å². The van der Waals surface area contributed by atoms with Crippen LogP contribution in [0.1, 0.15) is 12.0 Å². The van der Waals surface area contributed by atoms with Gasteiger partial charge >= 0.3 is 5.97 Å². The van der Waals surface area contributed by atoms with Gasteiger partial charge in [-0.25, -0.2) is 14.2 Å². The van der Waals surface area contributed by atoms with E-state index >= 15 is 0 Å². The zero-order valence-corrected chi connectivity index (χ0v) is 19.1. The fraction of sp³-hybridized carbons (Fsp3) is 0.217. The molecular weight excluding hydrogens is 465 g/mol. The Balaban J connectivity index is 1.30. The Morgan fingerprint density at radius 2 is 2.06 bits per heavy atom. The lowest BCUT2D eigenvalue weighted by Crippen LogP contribution is -2.28. The van der Waals surface area contributed by atoms with Gasteiger partial charge < -0.3 is 19.0 Å². The minimum absolute atomic E-state index is 0.113. The van der Waals surface area contributed by atoms with Crippen molar-refractivity contribution in [1.82, 2.24) is 4.98 Å². The Bertz CT molecular complexity index is 1240. The van der Waals surface area contributed by atoms with Crippen molar-refractivity contribution in [2.45, 2.75) is 12.5 Å². The van der Waals surface area contributed by atoms with Gasteiger partial charge in [0.25, 0.3) is 5.91 Å². The summed E-state index contributed by atoms with van der Waals surface area (Å²) in [6.07, 6.45) is -0.889. The van der Waals surface area contributed by atoms with Crippen molar-refractivity contribution in [1.29, 1.82) is 0 Å². The number of nitrogens with one attached hydrogen (secondary N) is 1. The fourth-order valence-corrected chi connectivity index (χ4v) is 3.92. The number of rotatable bonds is 8. The van der Waals surface area contributed by atoms with Crippen molar-refractivity contribution < 1.29 is 33.0 Å². The highest BCUT2D eigenvalue weighted by atomic mass is 32.1. The van der Waals surface area contributed by atoms with Gasteiger partial charge in [-0.05, 0) is 30.3 Å². The highest BCUT2D eigenvalue weighted by molar-refractivity contribution is 7.14. The van der Waals surface area contributed by atoms with E-state index < -0.39 is 30.4 Å². The highest BCUT2D eigenvalue weighted by Crippen LogP contribution is 2.35. The quantitative estimate of drug-likeness (QED) is 0.485. The van der Waals surface area contributed by atoms with Gasteiger partial charge in [0.2, 0.25) is 6.10 Å². The summed E-state index contributed by atoms with van der Waals surface area (Å²) in [5.41, 5.74) is 2.24. The number of ether oxygens (including phenoxy) is 3. The van der Waals surface area contributed by atoms with Gasteiger partial charge in [0.05, 0.1) is 25.6 Å². The number of nitrogens with zero attached hydrogens (tertiary/aromatic N) is 2. The van der Waals surface area contributed by atoms with E-state index in [0.717, 1.165) is 0 Å². The van der Waals surface area contributed by atoms with Crippen LogP contribution in [0.3, 0.4) is 0 Å². The van der Waals surface area contributed by atoms with Crippen LogP contribution in [0.15, 0.2) is 53.0 Å². The first-order valence-corrected chi connectivity index (χ1v) is 11.0. The minimum Gasteiger partial charge on any atom is -0.497 e. The average Bonchev–Trinajstić information content (AvgIpc) is 3.52. The van der Waals surface area contributed by atoms with Crippen LogP contribution < -0.4 is 14.8 Å². The van der Waals surface area contributed by atoms with E-state index in [9.17, 15) is 14.0 Å². The number of oxime groups is 1. The largest absolute Gasteiger partial charge is 0.497 e. The molecular formula is C23H20FN3O6S. The SMILES string of the molecule is COc1ccc(OC)c(-c2csc(NC(=O)COC(=O)C3CC(c4cccc(F)c4)=NO3)n2)c1. The van der Waals surface area contributed by atoms with Crippen LogP contribution in [0.5, 0.6) is 11.5 Å². The molecule has 4 rings (SSSR count). The van der Waals surface area contributed by atoms with Crippen molar-refractivity contribution >= 4 is 34.1 Å². The molecule has 2 heterocycles. The van der Waals surface area contributed by atoms with E-state index in [2.05, 4.69) is 15.5 Å². The number of thiazole rings is 1. The summed E-state index contributed by atoms with van der Waals surface area (Å²) in [4.78, 5) is 34.0. The topological polar surface area (TPSA) is 108 Å². The number of halogens is 1. The maximum atomic E-state index is 13.4. The summed E-state index contributed by atoms with van der Waals surface area (Å²) >= 11 is 1.21. The van der Waals surface area contributed by atoms with Crippen molar-refractivity contribution in [2.75, 3.05) is 26.1 Å². The zero-order chi connectivity index (χ0) is 24.1. The van der Waals surface area contributed by atoms with Gasteiger partial charge in [-0.2, -0.15) is 0 Å². The first kappa shape index (κ1) is 23.2. The van der Waals surface area contributed by atoms with Crippen LogP contribution in [-0.2, 0) is 19.2 Å². The summed E-state index contributed by atoms with van der Waals surface area (Å²) in [6, 6.07) is 11.1. The molecule has 0 bridgehead atoms.